The Morgan fingerprint density at radius 2 is 2.40 bits per heavy atom. The van der Waals surface area contributed by atoms with Gasteiger partial charge < -0.3 is 15.3 Å². The van der Waals surface area contributed by atoms with Gasteiger partial charge in [-0.3, -0.25) is 9.78 Å². The number of aromatic nitrogens is 1. The lowest BCUT2D eigenvalue weighted by molar-refractivity contribution is -0.124. The maximum Gasteiger partial charge on any atom is 0.224 e. The minimum absolute atomic E-state index is 0.0506. The Bertz CT molecular complexity index is 447. The summed E-state index contributed by atoms with van der Waals surface area (Å²) in [6.07, 6.45) is 3.91. The smallest absolute Gasteiger partial charge is 0.224 e. The lowest BCUT2D eigenvalue weighted by atomic mass is 9.97. The maximum atomic E-state index is 11.7. The lowest BCUT2D eigenvalue weighted by Crippen LogP contribution is -2.42. The van der Waals surface area contributed by atoms with Gasteiger partial charge in [0.15, 0.2) is 0 Å². The molecule has 2 heterocycles. The van der Waals surface area contributed by atoms with Crippen molar-refractivity contribution in [2.24, 2.45) is 5.92 Å². The number of aliphatic hydroxyl groups is 1. The van der Waals surface area contributed by atoms with Gasteiger partial charge in [-0.25, -0.2) is 0 Å². The van der Waals surface area contributed by atoms with Crippen molar-refractivity contribution >= 4 is 11.6 Å². The van der Waals surface area contributed by atoms with Crippen LogP contribution in [0.4, 0.5) is 5.69 Å². The number of amides is 1. The summed E-state index contributed by atoms with van der Waals surface area (Å²) >= 11 is 0. The molecule has 0 aromatic carbocycles. The van der Waals surface area contributed by atoms with Crippen molar-refractivity contribution in [3.63, 3.8) is 0 Å². The first-order valence-electron chi connectivity index (χ1n) is 7.26. The molecule has 1 aromatic rings. The molecule has 2 N–H and O–H groups in total. The molecule has 110 valence electrons. The van der Waals surface area contributed by atoms with E-state index in [4.69, 9.17) is 0 Å². The van der Waals surface area contributed by atoms with Crippen molar-refractivity contribution in [3.05, 3.63) is 24.0 Å². The van der Waals surface area contributed by atoms with Crippen LogP contribution in [0.3, 0.4) is 0 Å². The highest BCUT2D eigenvalue weighted by Gasteiger charge is 2.25. The summed E-state index contributed by atoms with van der Waals surface area (Å²) < 4.78 is 0. The zero-order chi connectivity index (χ0) is 14.5. The number of piperidine rings is 1. The minimum Gasteiger partial charge on any atom is -0.387 e. The van der Waals surface area contributed by atoms with Crippen molar-refractivity contribution in [2.75, 3.05) is 25.0 Å². The second-order valence-electron chi connectivity index (χ2n) is 5.26. The molecule has 0 spiro atoms. The van der Waals surface area contributed by atoms with Gasteiger partial charge in [0.2, 0.25) is 5.91 Å². The van der Waals surface area contributed by atoms with Crippen LogP contribution in [0.2, 0.25) is 0 Å². The van der Waals surface area contributed by atoms with Crippen LogP contribution in [0.1, 0.15) is 38.0 Å². The Morgan fingerprint density at radius 3 is 3.00 bits per heavy atom. The fraction of sp³-hybridized carbons (Fsp3) is 0.600. The summed E-state index contributed by atoms with van der Waals surface area (Å²) in [7, 11) is 1.68. The molecule has 0 radical (unpaired) electrons. The first kappa shape index (κ1) is 14.8. The zero-order valence-electron chi connectivity index (χ0n) is 12.2. The molecule has 0 aliphatic carbocycles. The van der Waals surface area contributed by atoms with Gasteiger partial charge in [0, 0.05) is 20.1 Å². The number of hydrogen-bond acceptors (Lipinski definition) is 4. The summed E-state index contributed by atoms with van der Waals surface area (Å²) in [4.78, 5) is 18.3. The van der Waals surface area contributed by atoms with Gasteiger partial charge in [-0.2, -0.15) is 0 Å². The number of pyridine rings is 1. The molecule has 0 saturated carbocycles. The molecule has 1 aromatic heterocycles. The Morgan fingerprint density at radius 1 is 1.60 bits per heavy atom. The average molecular weight is 277 g/mol. The van der Waals surface area contributed by atoms with Crippen LogP contribution in [-0.4, -0.2) is 36.1 Å². The van der Waals surface area contributed by atoms with Crippen molar-refractivity contribution < 1.29 is 9.90 Å². The van der Waals surface area contributed by atoms with Crippen LogP contribution in [0.15, 0.2) is 18.3 Å². The van der Waals surface area contributed by atoms with E-state index in [2.05, 4.69) is 15.2 Å². The van der Waals surface area contributed by atoms with E-state index in [-0.39, 0.29) is 11.8 Å². The van der Waals surface area contributed by atoms with Crippen LogP contribution < -0.4 is 10.2 Å². The number of carbonyl (C=O) groups excluding carboxylic acids is 1. The van der Waals surface area contributed by atoms with E-state index in [0.717, 1.165) is 31.6 Å². The first-order valence-corrected chi connectivity index (χ1v) is 7.26. The molecule has 20 heavy (non-hydrogen) atoms. The predicted molar refractivity (Wildman–Crippen MR) is 78.5 cm³/mol. The number of rotatable bonds is 4. The SMILES string of the molecule is CC[C@H](O)c1ccc(N2CCCC(C(=O)NC)C2)cn1. The van der Waals surface area contributed by atoms with Gasteiger partial charge in [0.05, 0.1) is 29.6 Å². The number of aliphatic hydroxyl groups excluding tert-OH is 1. The third-order valence-electron chi connectivity index (χ3n) is 3.90. The third kappa shape index (κ3) is 3.28. The van der Waals surface area contributed by atoms with Crippen molar-refractivity contribution in [2.45, 2.75) is 32.3 Å². The van der Waals surface area contributed by atoms with E-state index in [1.165, 1.54) is 0 Å². The Kier molecular flexibility index (Phi) is 4.95. The molecule has 5 nitrogen and oxygen atoms in total. The highest BCUT2D eigenvalue weighted by molar-refractivity contribution is 5.79. The second kappa shape index (κ2) is 6.70. The number of nitrogens with zero attached hydrogens (tertiary/aromatic N) is 2. The lowest BCUT2D eigenvalue weighted by Gasteiger charge is -2.33. The van der Waals surface area contributed by atoms with E-state index in [1.54, 1.807) is 13.2 Å². The van der Waals surface area contributed by atoms with Crippen LogP contribution in [0.25, 0.3) is 0 Å². The Hall–Kier alpha value is -1.62. The van der Waals surface area contributed by atoms with Crippen LogP contribution in [0, 0.1) is 5.92 Å². The summed E-state index contributed by atoms with van der Waals surface area (Å²) in [5.41, 5.74) is 1.72. The van der Waals surface area contributed by atoms with E-state index >= 15 is 0 Å². The van der Waals surface area contributed by atoms with Gasteiger partial charge in [-0.1, -0.05) is 6.92 Å². The topological polar surface area (TPSA) is 65.5 Å². The van der Waals surface area contributed by atoms with E-state index in [0.29, 0.717) is 12.1 Å². The van der Waals surface area contributed by atoms with Gasteiger partial charge in [-0.05, 0) is 31.4 Å². The largest absolute Gasteiger partial charge is 0.387 e. The standard InChI is InChI=1S/C15H23N3O2/c1-3-14(19)13-7-6-12(9-17-13)18-8-4-5-11(10-18)15(20)16-2/h6-7,9,11,14,19H,3-5,8,10H2,1-2H3,(H,16,20)/t11?,14-/m0/s1. The molecule has 1 aliphatic rings. The van der Waals surface area contributed by atoms with Gasteiger partial charge >= 0.3 is 0 Å². The molecule has 2 rings (SSSR count). The van der Waals surface area contributed by atoms with Crippen LogP contribution in [-0.2, 0) is 4.79 Å². The molecule has 1 aliphatic heterocycles. The molecule has 1 unspecified atom stereocenters. The summed E-state index contributed by atoms with van der Waals surface area (Å²) in [6.45, 7) is 3.61. The zero-order valence-corrected chi connectivity index (χ0v) is 12.2. The average Bonchev–Trinajstić information content (AvgIpc) is 2.53. The van der Waals surface area contributed by atoms with Crippen LogP contribution >= 0.6 is 0 Å². The van der Waals surface area contributed by atoms with Gasteiger partial charge in [0.1, 0.15) is 0 Å². The predicted octanol–water partition coefficient (Wildman–Crippen LogP) is 1.49. The summed E-state index contributed by atoms with van der Waals surface area (Å²) in [5, 5.41) is 12.5. The fourth-order valence-corrected chi connectivity index (χ4v) is 2.62. The normalized spacial score (nSPS) is 20.6. The fourth-order valence-electron chi connectivity index (χ4n) is 2.62. The van der Waals surface area contributed by atoms with E-state index < -0.39 is 6.10 Å². The van der Waals surface area contributed by atoms with E-state index in [9.17, 15) is 9.90 Å². The monoisotopic (exact) mass is 277 g/mol. The molecular formula is C15H23N3O2. The second-order valence-corrected chi connectivity index (χ2v) is 5.26. The highest BCUT2D eigenvalue weighted by Crippen LogP contribution is 2.24. The number of hydrogen-bond donors (Lipinski definition) is 2. The highest BCUT2D eigenvalue weighted by atomic mass is 16.3. The molecule has 1 amide bonds. The Labute approximate surface area is 120 Å². The van der Waals surface area contributed by atoms with Crippen molar-refractivity contribution in [3.8, 4) is 0 Å². The number of anilines is 1. The first-order chi connectivity index (χ1) is 9.65. The number of carbonyl (C=O) groups is 1. The Balaban J connectivity index is 2.05. The molecule has 2 atom stereocenters. The van der Waals surface area contributed by atoms with Gasteiger partial charge in [-0.15, -0.1) is 0 Å². The van der Waals surface area contributed by atoms with E-state index in [1.807, 2.05) is 19.1 Å². The molecule has 0 bridgehead atoms. The molecule has 5 heteroatoms. The number of nitrogens with one attached hydrogen (secondary N) is 1. The quantitative estimate of drug-likeness (QED) is 0.875. The minimum atomic E-state index is -0.496. The molecule has 1 saturated heterocycles. The summed E-state index contributed by atoms with van der Waals surface area (Å²) in [6, 6.07) is 3.85. The van der Waals surface area contributed by atoms with Crippen molar-refractivity contribution in [1.29, 1.82) is 0 Å². The molecule has 1 fully saturated rings. The summed E-state index contributed by atoms with van der Waals surface area (Å²) in [5.74, 6) is 0.162. The maximum absolute atomic E-state index is 11.7. The third-order valence-corrected chi connectivity index (χ3v) is 3.90. The van der Waals surface area contributed by atoms with Crippen molar-refractivity contribution in [1.82, 2.24) is 10.3 Å². The molecular weight excluding hydrogens is 254 g/mol. The van der Waals surface area contributed by atoms with Crippen LogP contribution in [0.5, 0.6) is 0 Å². The van der Waals surface area contributed by atoms with Gasteiger partial charge in [0.25, 0.3) is 0 Å².